The van der Waals surface area contributed by atoms with E-state index in [4.69, 9.17) is 0 Å². The highest BCUT2D eigenvalue weighted by atomic mass is 15.0. The first-order valence-corrected chi connectivity index (χ1v) is 26.3. The van der Waals surface area contributed by atoms with Gasteiger partial charge in [0, 0.05) is 32.9 Å². The molecular weight excluding hydrogens is 917 g/mol. The normalized spacial score (nSPS) is 11.9. The van der Waals surface area contributed by atoms with E-state index in [0.717, 1.165) is 11.4 Å². The van der Waals surface area contributed by atoms with E-state index in [1.54, 1.807) is 0 Å². The topological polar surface area (TPSA) is 9.86 Å². The second-order valence-electron chi connectivity index (χ2n) is 20.3. The number of benzene rings is 14. The lowest BCUT2D eigenvalue weighted by atomic mass is 9.80. The van der Waals surface area contributed by atoms with Crippen molar-refractivity contribution in [2.75, 3.05) is 0 Å². The van der Waals surface area contributed by atoms with Crippen molar-refractivity contribution < 1.29 is 0 Å². The zero-order valence-corrected chi connectivity index (χ0v) is 41.5. The first kappa shape index (κ1) is 42.5. The number of nitrogens with zero attached hydrogens (tertiary/aromatic N) is 2. The molecule has 0 N–H and O–H groups in total. The van der Waals surface area contributed by atoms with Gasteiger partial charge < -0.3 is 9.13 Å². The zero-order valence-electron chi connectivity index (χ0n) is 41.5. The van der Waals surface area contributed by atoms with Crippen LogP contribution in [0.15, 0.2) is 279 Å². The summed E-state index contributed by atoms with van der Waals surface area (Å²) in [4.78, 5) is 0. The molecule has 76 heavy (non-hydrogen) atoms. The van der Waals surface area contributed by atoms with E-state index in [2.05, 4.69) is 288 Å². The van der Waals surface area contributed by atoms with Gasteiger partial charge in [-0.1, -0.05) is 218 Å². The highest BCUT2D eigenvalue weighted by Crippen LogP contribution is 2.52. The van der Waals surface area contributed by atoms with Crippen molar-refractivity contribution in [1.29, 1.82) is 0 Å². The Balaban J connectivity index is 1.10. The molecular formula is C74H46N2. The average molecular weight is 963 g/mol. The lowest BCUT2D eigenvalue weighted by molar-refractivity contribution is 1.18. The molecule has 0 bridgehead atoms. The van der Waals surface area contributed by atoms with Crippen LogP contribution in [0.4, 0.5) is 0 Å². The van der Waals surface area contributed by atoms with E-state index in [0.29, 0.717) is 0 Å². The molecule has 2 heterocycles. The molecule has 14 aromatic carbocycles. The van der Waals surface area contributed by atoms with Gasteiger partial charge >= 0.3 is 0 Å². The first-order valence-electron chi connectivity index (χ1n) is 26.3. The molecule has 0 saturated carbocycles. The van der Waals surface area contributed by atoms with Crippen LogP contribution in [0.2, 0.25) is 0 Å². The van der Waals surface area contributed by atoms with Gasteiger partial charge in [0.25, 0.3) is 0 Å². The summed E-state index contributed by atoms with van der Waals surface area (Å²) in [7, 11) is 0. The Labute approximate surface area is 439 Å². The molecule has 16 rings (SSSR count). The van der Waals surface area contributed by atoms with Gasteiger partial charge in [0.15, 0.2) is 0 Å². The fourth-order valence-electron chi connectivity index (χ4n) is 13.1. The predicted octanol–water partition coefficient (Wildman–Crippen LogP) is 20.3. The first-order chi connectivity index (χ1) is 37.7. The number of hydrogen-bond donors (Lipinski definition) is 0. The van der Waals surface area contributed by atoms with E-state index in [9.17, 15) is 0 Å². The van der Waals surface area contributed by atoms with Crippen molar-refractivity contribution in [1.82, 2.24) is 9.13 Å². The van der Waals surface area contributed by atoms with Gasteiger partial charge in [0.2, 0.25) is 0 Å². The summed E-state index contributed by atoms with van der Waals surface area (Å²) in [5.41, 5.74) is 16.8. The number of hydrogen-bond acceptors (Lipinski definition) is 0. The molecule has 0 saturated heterocycles. The molecule has 0 fully saturated rings. The summed E-state index contributed by atoms with van der Waals surface area (Å²) in [5, 5.41) is 17.2. The summed E-state index contributed by atoms with van der Waals surface area (Å²) in [5.74, 6) is 0. The molecule has 2 heteroatoms. The average Bonchev–Trinajstić information content (AvgIpc) is 4.15. The standard InChI is InChI=1S/C74H46N2/c1-4-22-48(23-5-1)73-64-46-66-65(45-63(64)54-30-12-13-33-60(54)74(73)59-36-20-24-47-21-10-11-29-53(47)59)71(49-39-41-57-55-31-16-18-37-67(55)75(69(57)43-49)51-25-6-2-7-26-51)61-34-14-15-35-62(61)72(66)50-40-42-58-56-32-17-19-38-68(56)76(70(58)44-50)52-27-8-3-9-28-52/h1-46H. The number of rotatable bonds is 6. The highest BCUT2D eigenvalue weighted by Gasteiger charge is 2.25. The predicted molar refractivity (Wildman–Crippen MR) is 324 cm³/mol. The number of fused-ring (bicyclic) bond motifs is 12. The molecule has 352 valence electrons. The second kappa shape index (κ2) is 16.8. The van der Waals surface area contributed by atoms with Gasteiger partial charge in [0.1, 0.15) is 0 Å². The van der Waals surface area contributed by atoms with E-state index in [1.807, 2.05) is 0 Å². The molecule has 0 radical (unpaired) electrons. The fourth-order valence-corrected chi connectivity index (χ4v) is 13.1. The third-order valence-corrected chi connectivity index (χ3v) is 16.2. The maximum Gasteiger partial charge on any atom is 0.0547 e. The Morgan fingerprint density at radius 3 is 1.13 bits per heavy atom. The summed E-state index contributed by atoms with van der Waals surface area (Å²) in [6.45, 7) is 0. The molecule has 0 atom stereocenters. The maximum absolute atomic E-state index is 2.57. The smallest absolute Gasteiger partial charge is 0.0547 e. The van der Waals surface area contributed by atoms with E-state index >= 15 is 0 Å². The van der Waals surface area contributed by atoms with Crippen molar-refractivity contribution in [3.05, 3.63) is 279 Å². The summed E-state index contributed by atoms with van der Waals surface area (Å²) >= 11 is 0. The van der Waals surface area contributed by atoms with Gasteiger partial charge in [-0.05, 0) is 159 Å². The van der Waals surface area contributed by atoms with Gasteiger partial charge in [-0.25, -0.2) is 0 Å². The molecule has 0 aliphatic heterocycles. The van der Waals surface area contributed by atoms with Crippen molar-refractivity contribution in [3.63, 3.8) is 0 Å². The van der Waals surface area contributed by atoms with E-state index < -0.39 is 0 Å². The van der Waals surface area contributed by atoms with Crippen LogP contribution in [-0.4, -0.2) is 9.13 Å². The third kappa shape index (κ3) is 6.28. The zero-order chi connectivity index (χ0) is 49.8. The molecule has 16 aromatic rings. The second-order valence-corrected chi connectivity index (χ2v) is 20.3. The van der Waals surface area contributed by atoms with Gasteiger partial charge in [-0.2, -0.15) is 0 Å². The van der Waals surface area contributed by atoms with Crippen molar-refractivity contribution in [2.24, 2.45) is 0 Å². The summed E-state index contributed by atoms with van der Waals surface area (Å²) in [6.07, 6.45) is 0. The van der Waals surface area contributed by atoms with Crippen LogP contribution in [0.1, 0.15) is 0 Å². The Morgan fingerprint density at radius 2 is 0.579 bits per heavy atom. The van der Waals surface area contributed by atoms with Gasteiger partial charge in [0.05, 0.1) is 22.1 Å². The monoisotopic (exact) mass is 962 g/mol. The molecule has 0 aliphatic rings. The van der Waals surface area contributed by atoms with Gasteiger partial charge in [-0.15, -0.1) is 0 Å². The largest absolute Gasteiger partial charge is 0.309 e. The SMILES string of the molecule is c1ccc(-c2c(-c3cccc4ccccc34)c3ccccc3c3cc4c(-c5ccc6c7ccccc7n(-c7ccccc7)c6c5)c5ccccc5c(-c5ccc6c7ccccc7n(-c7ccccc7)c6c5)c4cc23)cc1. The van der Waals surface area contributed by atoms with Gasteiger partial charge in [-0.3, -0.25) is 0 Å². The van der Waals surface area contributed by atoms with Crippen LogP contribution in [-0.2, 0) is 0 Å². The third-order valence-electron chi connectivity index (χ3n) is 16.2. The minimum Gasteiger partial charge on any atom is -0.309 e. The van der Waals surface area contributed by atoms with E-state index in [-0.39, 0.29) is 0 Å². The molecule has 2 aromatic heterocycles. The minimum atomic E-state index is 1.14. The molecule has 0 amide bonds. The Bertz CT molecular complexity index is 5020. The van der Waals surface area contributed by atoms with Crippen molar-refractivity contribution in [2.45, 2.75) is 0 Å². The van der Waals surface area contributed by atoms with Crippen LogP contribution in [0.5, 0.6) is 0 Å². The fraction of sp³-hybridized carbons (Fsp3) is 0. The minimum absolute atomic E-state index is 1.14. The molecule has 0 aliphatic carbocycles. The number of aromatic nitrogens is 2. The highest BCUT2D eigenvalue weighted by molar-refractivity contribution is 6.30. The van der Waals surface area contributed by atoms with Crippen molar-refractivity contribution >= 4 is 97.5 Å². The Kier molecular flexibility index (Phi) is 9.37. The molecule has 0 spiro atoms. The van der Waals surface area contributed by atoms with E-state index in [1.165, 1.54) is 142 Å². The molecule has 2 nitrogen and oxygen atoms in total. The quantitative estimate of drug-likeness (QED) is 0.116. The lowest BCUT2D eigenvalue weighted by Gasteiger charge is -2.23. The van der Waals surface area contributed by atoms with Crippen LogP contribution in [0.25, 0.3) is 153 Å². The van der Waals surface area contributed by atoms with Crippen LogP contribution >= 0.6 is 0 Å². The van der Waals surface area contributed by atoms with Crippen LogP contribution in [0, 0.1) is 0 Å². The Hall–Kier alpha value is -10.0. The Morgan fingerprint density at radius 1 is 0.184 bits per heavy atom. The summed E-state index contributed by atoms with van der Waals surface area (Å²) < 4.78 is 4.89. The maximum atomic E-state index is 2.57. The lowest BCUT2D eigenvalue weighted by Crippen LogP contribution is -1.96. The summed E-state index contributed by atoms with van der Waals surface area (Å²) in [6, 6.07) is 104. The molecule has 0 unspecified atom stereocenters. The van der Waals surface area contributed by atoms with Crippen LogP contribution in [0.3, 0.4) is 0 Å². The van der Waals surface area contributed by atoms with Crippen molar-refractivity contribution in [3.8, 4) is 55.9 Å². The van der Waals surface area contributed by atoms with Crippen LogP contribution < -0.4 is 0 Å². The number of para-hydroxylation sites is 4.